The first-order valence-corrected chi connectivity index (χ1v) is 23.3. The van der Waals surface area contributed by atoms with Crippen molar-refractivity contribution < 1.29 is 51.8 Å². The molecule has 7 rings (SSSR count). The molecule has 20 nitrogen and oxygen atoms in total. The number of aryl methyl sites for hydroxylation is 2. The fraction of sp³-hybridized carbons (Fsp3) is 0.396. The van der Waals surface area contributed by atoms with E-state index in [1.807, 2.05) is 84.9 Å². The number of nitrogens with one attached hydrogen (secondary N) is 2. The molecule has 364 valence electrons. The van der Waals surface area contributed by atoms with Crippen molar-refractivity contribution in [2.75, 3.05) is 40.2 Å². The van der Waals surface area contributed by atoms with Crippen LogP contribution in [0.5, 0.6) is 11.5 Å². The van der Waals surface area contributed by atoms with Gasteiger partial charge in [0.15, 0.2) is 8.38 Å². The van der Waals surface area contributed by atoms with E-state index >= 15 is 0 Å². The standard InChI is InChI=1S/C48H52N5O15P/c1-29-24-52(46(58)50-44(29)56)41-22-37(65-31(3)54)40(67-41)27-64-69(28-43(55)62-21-9-20-49)68-38-23-42(53-25-30(2)45(57)51-47(53)59)66-39(38)26-63-48(32-10-7-6-8-11-32,33-12-16-35(60-4)17-13-33)34-14-18-36(61-5)19-15-34/h6-8,10-19,24-25,37-42H,9,21-23,26-28H2,1-5H3,(H,50,56,58)(H,51,57,59)/t37-,38-,39+,40+,41+,42+,69?/m0/s1. The number of carbonyl (C=O) groups excluding carboxylic acids is 2. The Hall–Kier alpha value is -6.72. The Bertz CT molecular complexity index is 2810. The molecule has 4 heterocycles. The number of nitrogens with zero attached hydrogens (tertiary/aromatic N) is 3. The SMILES string of the molecule is COc1ccc(C(OC[C@H]2O[C@@H](n3cc(C)c(=O)[nH]c3=O)C[C@@H]2OP(CC(=O)OCCC#N)OC[C@H]2O[C@@H](n3cc(C)c(=O)[nH]c3=O)C[C@@H]2OC(C)=O)(c2ccccc2)c2ccc(OC)cc2)cc1. The molecule has 21 heteroatoms. The van der Waals surface area contributed by atoms with Gasteiger partial charge in [-0.05, 0) is 54.8 Å². The van der Waals surface area contributed by atoms with E-state index < -0.39 is 91.4 Å². The quantitative estimate of drug-likeness (QED) is 0.0474. The van der Waals surface area contributed by atoms with E-state index in [9.17, 15) is 28.8 Å². The number of carbonyl (C=O) groups is 2. The number of hydrogen-bond acceptors (Lipinski definition) is 16. The summed E-state index contributed by atoms with van der Waals surface area (Å²) in [5.41, 5.74) is -1.21. The summed E-state index contributed by atoms with van der Waals surface area (Å²) < 4.78 is 57.5. The maximum atomic E-state index is 13.3. The van der Waals surface area contributed by atoms with Gasteiger partial charge in [0, 0.05) is 43.3 Å². The zero-order valence-electron chi connectivity index (χ0n) is 38.5. The van der Waals surface area contributed by atoms with Gasteiger partial charge < -0.3 is 42.2 Å². The number of methoxy groups -OCH3 is 2. The van der Waals surface area contributed by atoms with E-state index in [1.54, 1.807) is 21.1 Å². The predicted octanol–water partition coefficient (Wildman–Crippen LogP) is 4.41. The lowest BCUT2D eigenvalue weighted by atomic mass is 9.80. The zero-order valence-corrected chi connectivity index (χ0v) is 39.4. The number of esters is 2. The summed E-state index contributed by atoms with van der Waals surface area (Å²) in [6, 6.07) is 26.3. The van der Waals surface area contributed by atoms with Gasteiger partial charge in [-0.2, -0.15) is 5.26 Å². The molecule has 2 fully saturated rings. The number of H-pyrrole nitrogens is 2. The lowest BCUT2D eigenvalue weighted by molar-refractivity contribution is -0.150. The summed E-state index contributed by atoms with van der Waals surface area (Å²) in [4.78, 5) is 81.0. The topological polar surface area (TPSA) is 251 Å². The molecule has 5 aromatic rings. The molecular weight excluding hydrogens is 918 g/mol. The van der Waals surface area contributed by atoms with Gasteiger partial charge in [0.25, 0.3) is 11.1 Å². The Labute approximate surface area is 396 Å². The maximum absolute atomic E-state index is 13.3. The highest BCUT2D eigenvalue weighted by Gasteiger charge is 2.45. The predicted molar refractivity (Wildman–Crippen MR) is 247 cm³/mol. The van der Waals surface area contributed by atoms with Crippen LogP contribution in [-0.4, -0.2) is 95.7 Å². The van der Waals surface area contributed by atoms with Crippen molar-refractivity contribution in [3.05, 3.63) is 161 Å². The van der Waals surface area contributed by atoms with Crippen molar-refractivity contribution in [1.82, 2.24) is 19.1 Å². The van der Waals surface area contributed by atoms with Crippen molar-refractivity contribution in [3.8, 4) is 17.6 Å². The molecule has 0 aliphatic carbocycles. The fourth-order valence-electron chi connectivity index (χ4n) is 8.15. The summed E-state index contributed by atoms with van der Waals surface area (Å²) in [7, 11) is 0.851. The van der Waals surface area contributed by atoms with E-state index in [-0.39, 0.29) is 50.2 Å². The molecule has 2 aliphatic heterocycles. The highest BCUT2D eigenvalue weighted by Crippen LogP contribution is 2.47. The minimum Gasteiger partial charge on any atom is -0.497 e. The van der Waals surface area contributed by atoms with Crippen LogP contribution in [0.3, 0.4) is 0 Å². The summed E-state index contributed by atoms with van der Waals surface area (Å²) in [5.74, 6) is -0.138. The van der Waals surface area contributed by atoms with Crippen LogP contribution in [0, 0.1) is 25.2 Å². The molecule has 69 heavy (non-hydrogen) atoms. The Morgan fingerprint density at radius 2 is 1.26 bits per heavy atom. The third kappa shape index (κ3) is 11.8. The number of rotatable bonds is 20. The summed E-state index contributed by atoms with van der Waals surface area (Å²) in [5, 5.41) is 9.11. The van der Waals surface area contributed by atoms with Crippen LogP contribution in [-0.2, 0) is 47.9 Å². The number of hydrogen-bond donors (Lipinski definition) is 2. The first-order valence-electron chi connectivity index (χ1n) is 21.9. The third-order valence-corrected chi connectivity index (χ3v) is 13.1. The molecule has 0 bridgehead atoms. The van der Waals surface area contributed by atoms with Gasteiger partial charge in [-0.15, -0.1) is 0 Å². The minimum atomic E-state index is -2.29. The number of ether oxygens (including phenoxy) is 7. The van der Waals surface area contributed by atoms with Crippen LogP contribution in [0.25, 0.3) is 0 Å². The lowest BCUT2D eigenvalue weighted by Gasteiger charge is -2.37. The molecule has 2 saturated heterocycles. The fourth-order valence-corrected chi connectivity index (χ4v) is 9.52. The Balaban J connectivity index is 1.24. The van der Waals surface area contributed by atoms with Crippen molar-refractivity contribution in [2.24, 2.45) is 0 Å². The van der Waals surface area contributed by atoms with Gasteiger partial charge in [-0.3, -0.25) is 38.3 Å². The molecule has 2 N–H and O–H groups in total. The van der Waals surface area contributed by atoms with E-state index in [4.69, 9.17) is 47.5 Å². The van der Waals surface area contributed by atoms with Crippen LogP contribution in [0.1, 0.15) is 66.5 Å². The first kappa shape index (κ1) is 50.2. The average molecular weight is 970 g/mol. The van der Waals surface area contributed by atoms with Gasteiger partial charge in [-0.25, -0.2) is 9.59 Å². The van der Waals surface area contributed by atoms with Crippen LogP contribution in [0.2, 0.25) is 0 Å². The number of nitriles is 1. The smallest absolute Gasteiger partial charge is 0.330 e. The Kier molecular flexibility index (Phi) is 16.4. The number of benzene rings is 3. The molecule has 2 aromatic heterocycles. The highest BCUT2D eigenvalue weighted by atomic mass is 31.2. The van der Waals surface area contributed by atoms with Crippen LogP contribution >= 0.6 is 8.38 Å². The molecule has 1 unspecified atom stereocenters. The van der Waals surface area contributed by atoms with Crippen molar-refractivity contribution in [3.63, 3.8) is 0 Å². The maximum Gasteiger partial charge on any atom is 0.330 e. The average Bonchev–Trinajstić information content (AvgIpc) is 3.94. The van der Waals surface area contributed by atoms with Crippen LogP contribution in [0.15, 0.2) is 110 Å². The second-order valence-electron chi connectivity index (χ2n) is 16.2. The van der Waals surface area contributed by atoms with Crippen molar-refractivity contribution in [1.29, 1.82) is 5.26 Å². The Morgan fingerprint density at radius 1 is 0.754 bits per heavy atom. The zero-order chi connectivity index (χ0) is 49.2. The molecule has 0 spiro atoms. The molecule has 0 saturated carbocycles. The summed E-state index contributed by atoms with van der Waals surface area (Å²) >= 11 is 0. The van der Waals surface area contributed by atoms with E-state index in [2.05, 4.69) is 9.97 Å². The van der Waals surface area contributed by atoms with E-state index in [0.29, 0.717) is 11.5 Å². The van der Waals surface area contributed by atoms with Gasteiger partial charge in [0.05, 0.1) is 46.0 Å². The second kappa shape index (κ2) is 22.6. The number of aromatic amines is 2. The van der Waals surface area contributed by atoms with Crippen LogP contribution < -0.4 is 32.0 Å². The third-order valence-electron chi connectivity index (χ3n) is 11.6. The molecule has 0 radical (unpaired) electrons. The van der Waals surface area contributed by atoms with E-state index in [1.165, 1.54) is 35.4 Å². The van der Waals surface area contributed by atoms with Crippen molar-refractivity contribution >= 4 is 20.3 Å². The van der Waals surface area contributed by atoms with Gasteiger partial charge in [-0.1, -0.05) is 54.6 Å². The number of aromatic nitrogens is 4. The van der Waals surface area contributed by atoms with Gasteiger partial charge in [0.2, 0.25) is 0 Å². The molecule has 0 amide bonds. The van der Waals surface area contributed by atoms with Crippen molar-refractivity contribution in [2.45, 2.75) is 82.5 Å². The minimum absolute atomic E-state index is 0.00104. The second-order valence-corrected chi connectivity index (χ2v) is 17.7. The molecule has 7 atom stereocenters. The first-order chi connectivity index (χ1) is 33.2. The normalized spacial score (nSPS) is 20.5. The van der Waals surface area contributed by atoms with E-state index in [0.717, 1.165) is 16.7 Å². The molecule has 3 aromatic carbocycles. The molecular formula is C48H52N5O15P. The van der Waals surface area contributed by atoms with Crippen LogP contribution in [0.4, 0.5) is 0 Å². The highest BCUT2D eigenvalue weighted by molar-refractivity contribution is 7.48. The largest absolute Gasteiger partial charge is 0.497 e. The molecule has 2 aliphatic rings. The van der Waals surface area contributed by atoms with Gasteiger partial charge >= 0.3 is 23.3 Å². The lowest BCUT2D eigenvalue weighted by Crippen LogP contribution is -2.38. The Morgan fingerprint density at radius 3 is 1.77 bits per heavy atom. The van der Waals surface area contributed by atoms with Gasteiger partial charge in [0.1, 0.15) is 60.6 Å². The monoisotopic (exact) mass is 969 g/mol. The summed E-state index contributed by atoms with van der Waals surface area (Å²) in [6.07, 6.45) is -3.59. The summed E-state index contributed by atoms with van der Waals surface area (Å²) in [6.45, 7) is 3.61.